The standard InChI is InChI=1S/C29H28BrClN4O4/c1-5-18(3)28-34-24-11-8-20(30)13-23(24)29(37)35(28)32-15-19-12-21(31)14-25(38-4)27(19)39-16-26(36)33-22-9-6-17(2)7-10-22/h6-15,18H,5,16H2,1-4H3,(H,33,36)/t18-/m1/s1. The summed E-state index contributed by atoms with van der Waals surface area (Å²) in [4.78, 5) is 30.8. The highest BCUT2D eigenvalue weighted by atomic mass is 79.9. The van der Waals surface area contributed by atoms with Crippen molar-refractivity contribution >= 4 is 56.2 Å². The lowest BCUT2D eigenvalue weighted by molar-refractivity contribution is -0.118. The van der Waals surface area contributed by atoms with Crippen LogP contribution in [0.2, 0.25) is 5.02 Å². The first-order chi connectivity index (χ1) is 18.7. The number of carbonyl (C=O) groups is 1. The van der Waals surface area contributed by atoms with Gasteiger partial charge in [-0.2, -0.15) is 9.78 Å². The van der Waals surface area contributed by atoms with Crippen LogP contribution in [-0.4, -0.2) is 35.5 Å². The van der Waals surface area contributed by atoms with E-state index in [1.807, 2.05) is 51.1 Å². The molecule has 3 aromatic carbocycles. The van der Waals surface area contributed by atoms with E-state index < -0.39 is 0 Å². The first-order valence-electron chi connectivity index (χ1n) is 12.3. The van der Waals surface area contributed by atoms with Crippen molar-refractivity contribution in [2.45, 2.75) is 33.1 Å². The number of hydrogen-bond donors (Lipinski definition) is 1. The molecule has 4 rings (SSSR count). The molecule has 0 aliphatic heterocycles. The van der Waals surface area contributed by atoms with Crippen molar-refractivity contribution in [2.24, 2.45) is 5.10 Å². The lowest BCUT2D eigenvalue weighted by atomic mass is 10.1. The molecule has 0 aliphatic carbocycles. The zero-order valence-corrected chi connectivity index (χ0v) is 24.3. The fraction of sp³-hybridized carbons (Fsp3) is 0.241. The van der Waals surface area contributed by atoms with Gasteiger partial charge in [0.05, 0.1) is 24.2 Å². The fourth-order valence-corrected chi connectivity index (χ4v) is 4.44. The Kier molecular flexibility index (Phi) is 9.04. The van der Waals surface area contributed by atoms with Crippen molar-refractivity contribution in [1.82, 2.24) is 9.66 Å². The second-order valence-electron chi connectivity index (χ2n) is 9.03. The largest absolute Gasteiger partial charge is 0.493 e. The number of methoxy groups -OCH3 is 1. The van der Waals surface area contributed by atoms with Crippen LogP contribution in [0, 0.1) is 6.92 Å². The van der Waals surface area contributed by atoms with E-state index in [9.17, 15) is 9.59 Å². The maximum Gasteiger partial charge on any atom is 0.282 e. The second kappa shape index (κ2) is 12.4. The van der Waals surface area contributed by atoms with Crippen LogP contribution in [0.1, 0.15) is 43.1 Å². The number of aryl methyl sites for hydroxylation is 1. The smallest absolute Gasteiger partial charge is 0.282 e. The van der Waals surface area contributed by atoms with Gasteiger partial charge in [-0.1, -0.05) is 59.1 Å². The predicted molar refractivity (Wildman–Crippen MR) is 159 cm³/mol. The normalized spacial score (nSPS) is 12.1. The molecule has 0 aliphatic rings. The molecule has 1 heterocycles. The molecule has 1 aromatic heterocycles. The van der Waals surface area contributed by atoms with Crippen LogP contribution in [0.3, 0.4) is 0 Å². The van der Waals surface area contributed by atoms with E-state index in [0.29, 0.717) is 38.8 Å². The molecule has 0 radical (unpaired) electrons. The summed E-state index contributed by atoms with van der Waals surface area (Å²) in [5, 5.41) is 8.12. The van der Waals surface area contributed by atoms with Crippen molar-refractivity contribution in [2.75, 3.05) is 19.0 Å². The summed E-state index contributed by atoms with van der Waals surface area (Å²) in [7, 11) is 1.47. The SMILES string of the molecule is CC[C@@H](C)c1nc2ccc(Br)cc2c(=O)n1N=Cc1cc(Cl)cc(OC)c1OCC(=O)Nc1ccc(C)cc1. The molecule has 1 amide bonds. The molecule has 1 atom stereocenters. The van der Waals surface area contributed by atoms with Gasteiger partial charge in [-0.3, -0.25) is 9.59 Å². The topological polar surface area (TPSA) is 94.8 Å². The molecule has 4 aromatic rings. The average Bonchev–Trinajstić information content (AvgIpc) is 2.92. The maximum absolute atomic E-state index is 13.5. The van der Waals surface area contributed by atoms with Gasteiger partial charge in [-0.25, -0.2) is 4.98 Å². The van der Waals surface area contributed by atoms with Crippen LogP contribution < -0.4 is 20.3 Å². The van der Waals surface area contributed by atoms with Crippen LogP contribution in [0.5, 0.6) is 11.5 Å². The minimum absolute atomic E-state index is 0.0296. The second-order valence-corrected chi connectivity index (χ2v) is 10.4. The summed E-state index contributed by atoms with van der Waals surface area (Å²) >= 11 is 9.76. The summed E-state index contributed by atoms with van der Waals surface area (Å²) in [6.07, 6.45) is 2.22. The van der Waals surface area contributed by atoms with Gasteiger partial charge in [-0.15, -0.1) is 0 Å². The number of amides is 1. The Morgan fingerprint density at radius 3 is 2.64 bits per heavy atom. The van der Waals surface area contributed by atoms with E-state index >= 15 is 0 Å². The fourth-order valence-electron chi connectivity index (χ4n) is 3.86. The number of rotatable bonds is 9. The van der Waals surface area contributed by atoms with Crippen molar-refractivity contribution < 1.29 is 14.3 Å². The molecule has 10 heteroatoms. The third-order valence-corrected chi connectivity index (χ3v) is 6.86. The quantitative estimate of drug-likeness (QED) is 0.217. The Labute approximate surface area is 239 Å². The summed E-state index contributed by atoms with van der Waals surface area (Å²) in [6.45, 7) is 5.70. The molecule has 0 saturated carbocycles. The van der Waals surface area contributed by atoms with Gasteiger partial charge in [0, 0.05) is 32.7 Å². The number of hydrogen-bond acceptors (Lipinski definition) is 6. The van der Waals surface area contributed by atoms with Crippen molar-refractivity contribution in [1.29, 1.82) is 0 Å². The highest BCUT2D eigenvalue weighted by Gasteiger charge is 2.17. The third-order valence-electron chi connectivity index (χ3n) is 6.15. The first kappa shape index (κ1) is 28.3. The van der Waals surface area contributed by atoms with Crippen molar-refractivity contribution in [3.8, 4) is 11.5 Å². The highest BCUT2D eigenvalue weighted by molar-refractivity contribution is 9.10. The molecular formula is C29H28BrClN4O4. The Hall–Kier alpha value is -3.69. The van der Waals surface area contributed by atoms with E-state index in [-0.39, 0.29) is 29.7 Å². The van der Waals surface area contributed by atoms with Gasteiger partial charge in [0.1, 0.15) is 5.82 Å². The summed E-state index contributed by atoms with van der Waals surface area (Å²) in [6, 6.07) is 16.0. The monoisotopic (exact) mass is 610 g/mol. The summed E-state index contributed by atoms with van der Waals surface area (Å²) in [5.41, 5.74) is 2.47. The Bertz CT molecular complexity index is 1600. The Morgan fingerprint density at radius 2 is 1.95 bits per heavy atom. The maximum atomic E-state index is 13.5. The number of anilines is 1. The number of halogens is 2. The van der Waals surface area contributed by atoms with Gasteiger partial charge in [-0.05, 0) is 49.7 Å². The molecular weight excluding hydrogens is 584 g/mol. The van der Waals surface area contributed by atoms with Gasteiger partial charge in [0.25, 0.3) is 11.5 Å². The van der Waals surface area contributed by atoms with E-state index in [4.69, 9.17) is 26.1 Å². The van der Waals surface area contributed by atoms with Crippen molar-refractivity contribution in [3.63, 3.8) is 0 Å². The zero-order chi connectivity index (χ0) is 28.1. The first-order valence-corrected chi connectivity index (χ1v) is 13.5. The number of carbonyl (C=O) groups excluding carboxylic acids is 1. The third kappa shape index (κ3) is 6.66. The highest BCUT2D eigenvalue weighted by Crippen LogP contribution is 2.34. The molecule has 1 N–H and O–H groups in total. The number of benzene rings is 3. The van der Waals surface area contributed by atoms with E-state index in [2.05, 4.69) is 26.3 Å². The number of fused-ring (bicyclic) bond motifs is 1. The van der Waals surface area contributed by atoms with Crippen LogP contribution in [0.4, 0.5) is 5.69 Å². The lowest BCUT2D eigenvalue weighted by Crippen LogP contribution is -2.24. The number of nitrogens with zero attached hydrogens (tertiary/aromatic N) is 3. The van der Waals surface area contributed by atoms with Gasteiger partial charge in [0.15, 0.2) is 18.1 Å². The van der Waals surface area contributed by atoms with Crippen LogP contribution in [-0.2, 0) is 4.79 Å². The number of ether oxygens (including phenoxy) is 2. The van der Waals surface area contributed by atoms with Crippen molar-refractivity contribution in [3.05, 3.63) is 91.4 Å². The van der Waals surface area contributed by atoms with Gasteiger partial charge < -0.3 is 14.8 Å². The van der Waals surface area contributed by atoms with Gasteiger partial charge >= 0.3 is 0 Å². The minimum Gasteiger partial charge on any atom is -0.493 e. The predicted octanol–water partition coefficient (Wildman–Crippen LogP) is 6.54. The molecule has 0 unspecified atom stereocenters. The number of aromatic nitrogens is 2. The molecule has 0 fully saturated rings. The van der Waals surface area contributed by atoms with E-state index in [1.165, 1.54) is 18.0 Å². The van der Waals surface area contributed by atoms with E-state index in [1.54, 1.807) is 24.3 Å². The molecule has 202 valence electrons. The summed E-state index contributed by atoms with van der Waals surface area (Å²) in [5.74, 6) is 0.736. The van der Waals surface area contributed by atoms with Crippen LogP contribution >= 0.6 is 27.5 Å². The molecule has 39 heavy (non-hydrogen) atoms. The molecule has 0 spiro atoms. The Morgan fingerprint density at radius 1 is 1.21 bits per heavy atom. The molecule has 0 saturated heterocycles. The lowest BCUT2D eigenvalue weighted by Gasteiger charge is -2.15. The molecule has 8 nitrogen and oxygen atoms in total. The van der Waals surface area contributed by atoms with E-state index in [0.717, 1.165) is 16.5 Å². The average molecular weight is 612 g/mol. The van der Waals surface area contributed by atoms with Gasteiger partial charge in [0.2, 0.25) is 0 Å². The van der Waals surface area contributed by atoms with Crippen LogP contribution in [0.15, 0.2) is 69.0 Å². The minimum atomic E-state index is -0.349. The Balaban J connectivity index is 1.70. The summed E-state index contributed by atoms with van der Waals surface area (Å²) < 4.78 is 13.4. The molecule has 0 bridgehead atoms. The van der Waals surface area contributed by atoms with Crippen LogP contribution in [0.25, 0.3) is 10.9 Å². The number of nitrogens with one attached hydrogen (secondary N) is 1. The zero-order valence-electron chi connectivity index (χ0n) is 22.0.